The summed E-state index contributed by atoms with van der Waals surface area (Å²) in [4.78, 5) is 14.5. The molecule has 2 heterocycles. The van der Waals surface area contributed by atoms with Gasteiger partial charge in [-0.05, 0) is 25.5 Å². The van der Waals surface area contributed by atoms with Crippen molar-refractivity contribution in [2.75, 3.05) is 0 Å². The molecule has 0 radical (unpaired) electrons. The van der Waals surface area contributed by atoms with Crippen LogP contribution in [0, 0.1) is 0 Å². The van der Waals surface area contributed by atoms with Crippen LogP contribution in [0.25, 0.3) is 6.08 Å². The van der Waals surface area contributed by atoms with Crippen molar-refractivity contribution in [1.82, 2.24) is 4.90 Å². The van der Waals surface area contributed by atoms with Crippen molar-refractivity contribution >= 4 is 40.3 Å². The number of nitrogens with zero attached hydrogens (tertiary/aromatic N) is 1. The highest BCUT2D eigenvalue weighted by atomic mass is 32.2. The Morgan fingerprint density at radius 1 is 1.65 bits per heavy atom. The second-order valence-electron chi connectivity index (χ2n) is 3.82. The summed E-state index contributed by atoms with van der Waals surface area (Å²) >= 11 is 6.56. The van der Waals surface area contributed by atoms with Gasteiger partial charge in [0.1, 0.15) is 10.1 Å². The fourth-order valence-corrected chi connectivity index (χ4v) is 2.99. The maximum absolute atomic E-state index is 12.2. The molecule has 1 atom stereocenters. The number of furan rings is 1. The maximum Gasteiger partial charge on any atom is 0.266 e. The predicted molar refractivity (Wildman–Crippen MR) is 73.5 cm³/mol. The highest BCUT2D eigenvalue weighted by Crippen LogP contribution is 2.34. The molecule has 1 amide bonds. The third kappa shape index (κ3) is 2.45. The van der Waals surface area contributed by atoms with E-state index in [4.69, 9.17) is 16.6 Å². The van der Waals surface area contributed by atoms with E-state index in [2.05, 4.69) is 0 Å². The Balaban J connectivity index is 2.24. The molecule has 90 valence electrons. The molecule has 0 unspecified atom stereocenters. The quantitative estimate of drug-likeness (QED) is 0.621. The van der Waals surface area contributed by atoms with Crippen LogP contribution in [0.15, 0.2) is 27.7 Å². The van der Waals surface area contributed by atoms with Gasteiger partial charge in [-0.2, -0.15) is 0 Å². The first kappa shape index (κ1) is 12.4. The molecule has 5 heteroatoms. The third-order valence-electron chi connectivity index (χ3n) is 2.67. The lowest BCUT2D eigenvalue weighted by molar-refractivity contribution is -0.123. The molecule has 0 aromatic carbocycles. The van der Waals surface area contributed by atoms with Crippen LogP contribution in [0.5, 0.6) is 0 Å². The molecule has 0 N–H and O–H groups in total. The molecule has 0 bridgehead atoms. The molecule has 1 fully saturated rings. The fourth-order valence-electron chi connectivity index (χ4n) is 1.55. The Morgan fingerprint density at radius 2 is 2.41 bits per heavy atom. The minimum atomic E-state index is -0.0225. The molecule has 0 spiro atoms. The topological polar surface area (TPSA) is 33.5 Å². The van der Waals surface area contributed by atoms with Crippen LogP contribution in [0.1, 0.15) is 26.0 Å². The van der Waals surface area contributed by atoms with E-state index >= 15 is 0 Å². The maximum atomic E-state index is 12.2. The molecule has 0 aliphatic carbocycles. The number of rotatable bonds is 3. The van der Waals surface area contributed by atoms with Crippen LogP contribution in [-0.4, -0.2) is 21.2 Å². The number of hydrogen-bond donors (Lipinski definition) is 0. The summed E-state index contributed by atoms with van der Waals surface area (Å²) in [6, 6.07) is 3.75. The largest absolute Gasteiger partial charge is 0.465 e. The fraction of sp³-hybridized carbons (Fsp3) is 0.333. The van der Waals surface area contributed by atoms with E-state index in [-0.39, 0.29) is 11.9 Å². The van der Waals surface area contributed by atoms with Crippen molar-refractivity contribution in [2.24, 2.45) is 0 Å². The van der Waals surface area contributed by atoms with Gasteiger partial charge in [0.05, 0.1) is 11.2 Å². The summed E-state index contributed by atoms with van der Waals surface area (Å²) in [5.41, 5.74) is 0. The van der Waals surface area contributed by atoms with E-state index in [1.54, 1.807) is 23.3 Å². The average Bonchev–Trinajstić information content (AvgIpc) is 2.89. The van der Waals surface area contributed by atoms with Crippen molar-refractivity contribution in [1.29, 1.82) is 0 Å². The molecule has 3 nitrogen and oxygen atoms in total. The van der Waals surface area contributed by atoms with Gasteiger partial charge in [-0.3, -0.25) is 9.69 Å². The number of hydrogen-bond acceptors (Lipinski definition) is 4. The lowest BCUT2D eigenvalue weighted by atomic mass is 10.2. The van der Waals surface area contributed by atoms with Crippen LogP contribution in [-0.2, 0) is 4.79 Å². The van der Waals surface area contributed by atoms with Crippen molar-refractivity contribution < 1.29 is 9.21 Å². The number of amides is 1. The molecular weight excluding hydrogens is 254 g/mol. The molecule has 1 aliphatic heterocycles. The van der Waals surface area contributed by atoms with Gasteiger partial charge in [0.15, 0.2) is 0 Å². The number of thiocarbonyl (C=S) groups is 1. The van der Waals surface area contributed by atoms with Gasteiger partial charge < -0.3 is 4.42 Å². The number of carbonyl (C=O) groups is 1. The Labute approximate surface area is 110 Å². The summed E-state index contributed by atoms with van der Waals surface area (Å²) in [7, 11) is 0. The first-order chi connectivity index (χ1) is 8.13. The molecular formula is C12H13NO2S2. The van der Waals surface area contributed by atoms with Gasteiger partial charge in [-0.15, -0.1) is 0 Å². The monoisotopic (exact) mass is 267 g/mol. The lowest BCUT2D eigenvalue weighted by Gasteiger charge is -2.21. The second-order valence-corrected chi connectivity index (χ2v) is 5.50. The van der Waals surface area contributed by atoms with Crippen molar-refractivity contribution in [2.45, 2.75) is 26.3 Å². The summed E-state index contributed by atoms with van der Waals surface area (Å²) < 4.78 is 5.82. The van der Waals surface area contributed by atoms with Crippen LogP contribution in [0.3, 0.4) is 0 Å². The molecule has 17 heavy (non-hydrogen) atoms. The zero-order chi connectivity index (χ0) is 12.4. The van der Waals surface area contributed by atoms with Gasteiger partial charge in [0.2, 0.25) is 0 Å². The van der Waals surface area contributed by atoms with Crippen molar-refractivity contribution in [3.05, 3.63) is 29.1 Å². The number of thioether (sulfide) groups is 1. The summed E-state index contributed by atoms with van der Waals surface area (Å²) in [5, 5.41) is 0. The SMILES string of the molecule is CC[C@@H](C)N1C(=O)/C(=C\c2ccco2)SC1=S. The van der Waals surface area contributed by atoms with Gasteiger partial charge in [0.25, 0.3) is 5.91 Å². The summed E-state index contributed by atoms with van der Waals surface area (Å²) in [5.74, 6) is 0.653. The Morgan fingerprint density at radius 3 is 3.00 bits per heavy atom. The van der Waals surface area contributed by atoms with Gasteiger partial charge >= 0.3 is 0 Å². The van der Waals surface area contributed by atoms with E-state index in [0.717, 1.165) is 6.42 Å². The van der Waals surface area contributed by atoms with Gasteiger partial charge in [-0.1, -0.05) is 30.9 Å². The van der Waals surface area contributed by atoms with Crippen molar-refractivity contribution in [3.8, 4) is 0 Å². The molecule has 1 aromatic heterocycles. The molecule has 1 saturated heterocycles. The van der Waals surface area contributed by atoms with Crippen molar-refractivity contribution in [3.63, 3.8) is 0 Å². The zero-order valence-corrected chi connectivity index (χ0v) is 11.3. The molecule has 0 saturated carbocycles. The van der Waals surface area contributed by atoms with Crippen LogP contribution in [0.2, 0.25) is 0 Å². The van der Waals surface area contributed by atoms with Crippen LogP contribution in [0.4, 0.5) is 0 Å². The highest BCUT2D eigenvalue weighted by molar-refractivity contribution is 8.26. The Hall–Kier alpha value is -1.07. The summed E-state index contributed by atoms with van der Waals surface area (Å²) in [6.07, 6.45) is 4.21. The van der Waals surface area contributed by atoms with E-state index < -0.39 is 0 Å². The summed E-state index contributed by atoms with van der Waals surface area (Å²) in [6.45, 7) is 4.04. The van der Waals surface area contributed by atoms with Crippen LogP contribution < -0.4 is 0 Å². The second kappa shape index (κ2) is 5.06. The smallest absolute Gasteiger partial charge is 0.266 e. The van der Waals surface area contributed by atoms with Gasteiger partial charge in [0, 0.05) is 12.1 Å². The van der Waals surface area contributed by atoms with E-state index in [1.807, 2.05) is 19.9 Å². The molecule has 2 rings (SSSR count). The first-order valence-electron chi connectivity index (χ1n) is 5.44. The standard InChI is InChI=1S/C12H13NO2S2/c1-3-8(2)13-11(14)10(17-12(13)16)7-9-5-4-6-15-9/h4-8H,3H2,1-2H3/b10-7+/t8-/m1/s1. The van der Waals surface area contributed by atoms with E-state index in [0.29, 0.717) is 15.0 Å². The zero-order valence-electron chi connectivity index (χ0n) is 9.67. The Bertz CT molecular complexity index is 465. The predicted octanol–water partition coefficient (Wildman–Crippen LogP) is 3.28. The highest BCUT2D eigenvalue weighted by Gasteiger charge is 2.34. The first-order valence-corrected chi connectivity index (χ1v) is 6.66. The van der Waals surface area contributed by atoms with E-state index in [1.165, 1.54) is 11.8 Å². The third-order valence-corrected chi connectivity index (χ3v) is 4.00. The van der Waals surface area contributed by atoms with Gasteiger partial charge in [-0.25, -0.2) is 0 Å². The molecule has 1 aliphatic rings. The minimum Gasteiger partial charge on any atom is -0.465 e. The molecule has 1 aromatic rings. The number of carbonyl (C=O) groups excluding carboxylic acids is 1. The Kier molecular flexibility index (Phi) is 3.69. The normalized spacial score (nSPS) is 20.4. The lowest BCUT2D eigenvalue weighted by Crippen LogP contribution is -2.36. The average molecular weight is 267 g/mol. The minimum absolute atomic E-state index is 0.0225. The van der Waals surface area contributed by atoms with Crippen LogP contribution >= 0.6 is 24.0 Å². The van der Waals surface area contributed by atoms with E-state index in [9.17, 15) is 4.79 Å².